The summed E-state index contributed by atoms with van der Waals surface area (Å²) in [5, 5.41) is 3.09. The number of H-pyrrole nitrogens is 1. The molecule has 1 aliphatic heterocycles. The first-order valence-electron chi connectivity index (χ1n) is 8.54. The second-order valence-electron chi connectivity index (χ2n) is 6.16. The summed E-state index contributed by atoms with van der Waals surface area (Å²) in [4.78, 5) is 32.2. The van der Waals surface area contributed by atoms with Crippen LogP contribution in [0.3, 0.4) is 0 Å². The minimum absolute atomic E-state index is 0.0662. The highest BCUT2D eigenvalue weighted by atomic mass is 16.5. The van der Waals surface area contributed by atoms with Gasteiger partial charge in [0.15, 0.2) is 0 Å². The zero-order valence-corrected chi connectivity index (χ0v) is 15.3. The number of methoxy groups -OCH3 is 2. The van der Waals surface area contributed by atoms with E-state index in [4.69, 9.17) is 9.47 Å². The molecule has 2 N–H and O–H groups in total. The van der Waals surface area contributed by atoms with Gasteiger partial charge in [-0.25, -0.2) is 4.99 Å². The molecule has 0 fully saturated rings. The van der Waals surface area contributed by atoms with E-state index in [1.807, 2.05) is 36.4 Å². The molecule has 0 atom stereocenters. The maximum absolute atomic E-state index is 12.5. The van der Waals surface area contributed by atoms with E-state index in [0.717, 1.165) is 16.5 Å². The van der Waals surface area contributed by atoms with Crippen LogP contribution in [0.1, 0.15) is 11.1 Å². The van der Waals surface area contributed by atoms with Crippen molar-refractivity contribution >= 4 is 34.5 Å². The Bertz CT molecular complexity index is 1160. The van der Waals surface area contributed by atoms with Crippen LogP contribution in [0.15, 0.2) is 59.4 Å². The monoisotopic (exact) mass is 375 g/mol. The molecule has 7 nitrogen and oxygen atoms in total. The molecule has 0 unspecified atom stereocenters. The van der Waals surface area contributed by atoms with Crippen molar-refractivity contribution in [3.8, 4) is 11.5 Å². The number of imide groups is 1. The van der Waals surface area contributed by atoms with E-state index in [-0.39, 0.29) is 11.3 Å². The van der Waals surface area contributed by atoms with Crippen molar-refractivity contribution in [2.24, 2.45) is 4.99 Å². The number of nitrogens with one attached hydrogen (secondary N) is 2. The Labute approximate surface area is 160 Å². The third kappa shape index (κ3) is 3.03. The number of carbonyl (C=O) groups excluding carboxylic acids is 2. The molecule has 140 valence electrons. The lowest BCUT2D eigenvalue weighted by atomic mass is 10.0. The largest absolute Gasteiger partial charge is 0.497 e. The Balaban J connectivity index is 1.82. The number of fused-ring (bicyclic) bond motifs is 1. The van der Waals surface area contributed by atoms with Crippen molar-refractivity contribution in [2.45, 2.75) is 0 Å². The van der Waals surface area contributed by atoms with Gasteiger partial charge in [0.05, 0.1) is 19.8 Å². The number of carbonyl (C=O) groups is 2. The van der Waals surface area contributed by atoms with Crippen LogP contribution in [0.4, 0.5) is 0 Å². The lowest BCUT2D eigenvalue weighted by Crippen LogP contribution is -2.22. The van der Waals surface area contributed by atoms with Crippen molar-refractivity contribution in [1.29, 1.82) is 0 Å². The molecule has 0 spiro atoms. The van der Waals surface area contributed by atoms with Gasteiger partial charge in [0.2, 0.25) is 0 Å². The minimum atomic E-state index is -0.531. The molecule has 0 radical (unpaired) electrons. The van der Waals surface area contributed by atoms with Gasteiger partial charge >= 0.3 is 0 Å². The van der Waals surface area contributed by atoms with Gasteiger partial charge in [0.1, 0.15) is 17.2 Å². The molecule has 2 heterocycles. The van der Waals surface area contributed by atoms with E-state index in [9.17, 15) is 9.59 Å². The topological polar surface area (TPSA) is 92.8 Å². The smallest absolute Gasteiger partial charge is 0.277 e. The quantitative estimate of drug-likeness (QED) is 0.530. The minimum Gasteiger partial charge on any atom is -0.497 e. The average molecular weight is 375 g/mol. The summed E-state index contributed by atoms with van der Waals surface area (Å²) in [5.74, 6) is 0.317. The van der Waals surface area contributed by atoms with Gasteiger partial charge in [-0.15, -0.1) is 0 Å². The molecule has 4 rings (SSSR count). The molecule has 0 bridgehead atoms. The maximum Gasteiger partial charge on any atom is 0.277 e. The maximum atomic E-state index is 12.5. The van der Waals surface area contributed by atoms with Crippen LogP contribution in [-0.2, 0) is 9.59 Å². The van der Waals surface area contributed by atoms with Gasteiger partial charge in [-0.3, -0.25) is 14.9 Å². The Morgan fingerprint density at radius 3 is 2.54 bits per heavy atom. The molecule has 0 saturated carbocycles. The number of rotatable bonds is 5. The number of amides is 2. The van der Waals surface area contributed by atoms with Crippen molar-refractivity contribution in [2.75, 3.05) is 14.2 Å². The summed E-state index contributed by atoms with van der Waals surface area (Å²) in [6, 6.07) is 12.7. The number of hydrogen-bond donors (Lipinski definition) is 2. The lowest BCUT2D eigenvalue weighted by Gasteiger charge is -2.03. The predicted octanol–water partition coefficient (Wildman–Crippen LogP) is 2.67. The average Bonchev–Trinajstić information content (AvgIpc) is 3.25. The zero-order valence-electron chi connectivity index (χ0n) is 15.3. The summed E-state index contributed by atoms with van der Waals surface area (Å²) >= 11 is 0. The lowest BCUT2D eigenvalue weighted by molar-refractivity contribution is -0.123. The molecule has 0 aliphatic carbocycles. The van der Waals surface area contributed by atoms with E-state index in [1.165, 1.54) is 6.21 Å². The third-order valence-corrected chi connectivity index (χ3v) is 4.50. The highest BCUT2D eigenvalue weighted by Crippen LogP contribution is 2.32. The second kappa shape index (κ2) is 7.03. The van der Waals surface area contributed by atoms with Crippen LogP contribution in [-0.4, -0.2) is 37.2 Å². The van der Waals surface area contributed by atoms with Crippen LogP contribution < -0.4 is 14.8 Å². The van der Waals surface area contributed by atoms with Crippen molar-refractivity contribution in [3.05, 3.63) is 65.5 Å². The summed E-state index contributed by atoms with van der Waals surface area (Å²) < 4.78 is 10.5. The molecular formula is C21H17N3O4. The zero-order chi connectivity index (χ0) is 19.7. The third-order valence-electron chi connectivity index (χ3n) is 4.50. The Morgan fingerprint density at radius 2 is 1.75 bits per heavy atom. The fourth-order valence-electron chi connectivity index (χ4n) is 3.11. The number of benzene rings is 2. The summed E-state index contributed by atoms with van der Waals surface area (Å²) in [7, 11) is 3.15. The highest BCUT2D eigenvalue weighted by Gasteiger charge is 2.32. The fourth-order valence-corrected chi connectivity index (χ4v) is 3.11. The summed E-state index contributed by atoms with van der Waals surface area (Å²) in [5.41, 5.74) is 2.46. The Kier molecular flexibility index (Phi) is 4.41. The van der Waals surface area contributed by atoms with Gasteiger partial charge in [-0.2, -0.15) is 0 Å². The Morgan fingerprint density at radius 1 is 0.964 bits per heavy atom. The second-order valence-corrected chi connectivity index (χ2v) is 6.16. The molecule has 2 aromatic carbocycles. The number of aliphatic imine (C=N–C) groups is 1. The van der Waals surface area contributed by atoms with Gasteiger partial charge in [0.25, 0.3) is 11.8 Å². The van der Waals surface area contributed by atoms with E-state index in [0.29, 0.717) is 17.1 Å². The number of aromatic amines is 1. The first kappa shape index (κ1) is 17.5. The first-order valence-corrected chi connectivity index (χ1v) is 8.54. The van der Waals surface area contributed by atoms with Gasteiger partial charge < -0.3 is 14.5 Å². The molecule has 2 amide bonds. The molecule has 28 heavy (non-hydrogen) atoms. The predicted molar refractivity (Wildman–Crippen MR) is 106 cm³/mol. The van der Waals surface area contributed by atoms with E-state index in [1.54, 1.807) is 26.5 Å². The van der Waals surface area contributed by atoms with Crippen LogP contribution >= 0.6 is 0 Å². The van der Waals surface area contributed by atoms with E-state index < -0.39 is 11.8 Å². The number of aromatic nitrogens is 1. The van der Waals surface area contributed by atoms with Crippen LogP contribution in [0.5, 0.6) is 11.5 Å². The molecule has 1 aliphatic rings. The van der Waals surface area contributed by atoms with Gasteiger partial charge in [-0.05, 0) is 35.9 Å². The van der Waals surface area contributed by atoms with Gasteiger partial charge in [-0.1, -0.05) is 12.1 Å². The fraction of sp³-hybridized carbons (Fsp3) is 0.0952. The molecule has 1 aromatic heterocycles. The normalized spacial score (nSPS) is 14.2. The SMILES string of the molecule is COc1cccc(C=NC2=C(c3c[nH]c4ccc(OC)cc34)C(=O)NC2=O)c1. The van der Waals surface area contributed by atoms with E-state index >= 15 is 0 Å². The number of ether oxygens (including phenoxy) is 2. The first-order chi connectivity index (χ1) is 13.6. The highest BCUT2D eigenvalue weighted by molar-refractivity contribution is 6.37. The van der Waals surface area contributed by atoms with E-state index in [2.05, 4.69) is 15.3 Å². The number of hydrogen-bond acceptors (Lipinski definition) is 5. The number of nitrogens with zero attached hydrogens (tertiary/aromatic N) is 1. The van der Waals surface area contributed by atoms with Crippen molar-refractivity contribution < 1.29 is 19.1 Å². The molecule has 3 aromatic rings. The molecule has 0 saturated heterocycles. The van der Waals surface area contributed by atoms with Gasteiger partial charge in [0, 0.05) is 28.9 Å². The standard InChI is InChI=1S/C21H17N3O4/c1-27-13-5-3-4-12(8-13)10-23-19-18(20(25)24-21(19)26)16-11-22-17-7-6-14(28-2)9-15(16)17/h3-11,22H,1-2H3,(H,24,25,26). The van der Waals surface area contributed by atoms with Crippen molar-refractivity contribution in [1.82, 2.24) is 10.3 Å². The summed E-state index contributed by atoms with van der Waals surface area (Å²) in [6.45, 7) is 0. The Hall–Kier alpha value is -3.87. The van der Waals surface area contributed by atoms with Crippen LogP contribution in [0.25, 0.3) is 16.5 Å². The van der Waals surface area contributed by atoms with Crippen LogP contribution in [0, 0.1) is 0 Å². The molecule has 7 heteroatoms. The van der Waals surface area contributed by atoms with Crippen molar-refractivity contribution in [3.63, 3.8) is 0 Å². The molecular weight excluding hydrogens is 358 g/mol. The summed E-state index contributed by atoms with van der Waals surface area (Å²) in [6.07, 6.45) is 3.23. The van der Waals surface area contributed by atoms with Crippen LogP contribution in [0.2, 0.25) is 0 Å².